The second-order valence-corrected chi connectivity index (χ2v) is 4.47. The van der Waals surface area contributed by atoms with Crippen LogP contribution >= 0.6 is 0 Å². The van der Waals surface area contributed by atoms with Crippen LogP contribution in [0.25, 0.3) is 0 Å². The van der Waals surface area contributed by atoms with Gasteiger partial charge in [-0.25, -0.2) is 4.79 Å². The number of hydrogen-bond acceptors (Lipinski definition) is 8. The Bertz CT molecular complexity index is 543. The van der Waals surface area contributed by atoms with Crippen molar-refractivity contribution in [2.45, 2.75) is 32.3 Å². The number of nitrogens with two attached hydrogens (primary N) is 1. The van der Waals surface area contributed by atoms with Crippen molar-refractivity contribution < 1.29 is 23.7 Å². The summed E-state index contributed by atoms with van der Waals surface area (Å²) in [5, 5.41) is 0. The summed E-state index contributed by atoms with van der Waals surface area (Å²) in [6.45, 7) is 4.40. The summed E-state index contributed by atoms with van der Waals surface area (Å²) in [6, 6.07) is 1.51. The first-order valence-corrected chi connectivity index (χ1v) is 7.01. The molecule has 0 spiro atoms. The highest BCUT2D eigenvalue weighted by molar-refractivity contribution is 5.23. The molecular formula is C13H21N3O6. The van der Waals surface area contributed by atoms with E-state index in [-0.39, 0.29) is 12.4 Å². The van der Waals surface area contributed by atoms with Gasteiger partial charge < -0.3 is 29.4 Å². The van der Waals surface area contributed by atoms with Gasteiger partial charge in [0.2, 0.25) is 6.29 Å². The van der Waals surface area contributed by atoms with Crippen LogP contribution in [-0.4, -0.2) is 48.7 Å². The number of anilines is 1. The van der Waals surface area contributed by atoms with Crippen molar-refractivity contribution in [3.8, 4) is 0 Å². The molecule has 0 bridgehead atoms. The topological polar surface area (TPSA) is 107 Å². The van der Waals surface area contributed by atoms with Gasteiger partial charge in [0.1, 0.15) is 5.82 Å². The number of nitrogen functional groups attached to an aromatic ring is 1. The van der Waals surface area contributed by atoms with Gasteiger partial charge in [-0.3, -0.25) is 4.57 Å². The van der Waals surface area contributed by atoms with Crippen LogP contribution < -0.4 is 11.4 Å². The lowest BCUT2D eigenvalue weighted by atomic mass is 10.5. The molecule has 2 rings (SSSR count). The Balaban J connectivity index is 2.18. The molecule has 0 saturated carbocycles. The van der Waals surface area contributed by atoms with Crippen LogP contribution in [0.15, 0.2) is 17.1 Å². The second kappa shape index (κ2) is 7.16. The van der Waals surface area contributed by atoms with E-state index in [0.717, 1.165) is 0 Å². The van der Waals surface area contributed by atoms with Crippen LogP contribution in [0, 0.1) is 0 Å². The van der Waals surface area contributed by atoms with Gasteiger partial charge in [-0.1, -0.05) is 0 Å². The third-order valence-electron chi connectivity index (χ3n) is 3.10. The number of methoxy groups -OCH3 is 1. The van der Waals surface area contributed by atoms with Crippen LogP contribution in [0.4, 0.5) is 5.82 Å². The molecule has 0 aromatic carbocycles. The fourth-order valence-corrected chi connectivity index (χ4v) is 2.16. The fraction of sp³-hybridized carbons (Fsp3) is 0.692. The third kappa shape index (κ3) is 3.28. The molecule has 1 fully saturated rings. The fourth-order valence-electron chi connectivity index (χ4n) is 2.16. The van der Waals surface area contributed by atoms with E-state index in [1.807, 2.05) is 0 Å². The van der Waals surface area contributed by atoms with E-state index in [4.69, 9.17) is 29.4 Å². The van der Waals surface area contributed by atoms with E-state index >= 15 is 0 Å². The SMILES string of the molecule is CCOC(OC)(OCC)C1OCC(n2ccc(N)nc2=O)O1. The maximum absolute atomic E-state index is 11.8. The molecule has 0 radical (unpaired) electrons. The minimum atomic E-state index is -1.48. The maximum atomic E-state index is 11.8. The first kappa shape index (κ1) is 16.8. The zero-order valence-corrected chi connectivity index (χ0v) is 12.9. The number of nitrogens with zero attached hydrogens (tertiary/aromatic N) is 2. The molecule has 9 nitrogen and oxygen atoms in total. The molecule has 0 amide bonds. The van der Waals surface area contributed by atoms with Crippen LogP contribution in [-0.2, 0) is 23.7 Å². The first-order chi connectivity index (χ1) is 10.6. The van der Waals surface area contributed by atoms with E-state index in [9.17, 15) is 4.79 Å². The number of ether oxygens (including phenoxy) is 5. The Labute approximate surface area is 127 Å². The summed E-state index contributed by atoms with van der Waals surface area (Å²) < 4.78 is 28.9. The molecule has 1 aromatic rings. The van der Waals surface area contributed by atoms with Gasteiger partial charge in [-0.15, -0.1) is 0 Å². The minimum absolute atomic E-state index is 0.126. The molecule has 22 heavy (non-hydrogen) atoms. The van der Waals surface area contributed by atoms with E-state index in [1.165, 1.54) is 23.9 Å². The van der Waals surface area contributed by atoms with E-state index < -0.39 is 24.2 Å². The van der Waals surface area contributed by atoms with Crippen molar-refractivity contribution >= 4 is 5.82 Å². The van der Waals surface area contributed by atoms with Gasteiger partial charge in [0, 0.05) is 26.5 Å². The predicted molar refractivity (Wildman–Crippen MR) is 75.8 cm³/mol. The van der Waals surface area contributed by atoms with Crippen LogP contribution in [0.1, 0.15) is 20.1 Å². The summed E-state index contributed by atoms with van der Waals surface area (Å²) in [7, 11) is 1.43. The largest absolute Gasteiger partial charge is 0.383 e. The van der Waals surface area contributed by atoms with E-state index in [0.29, 0.717) is 13.2 Å². The first-order valence-electron chi connectivity index (χ1n) is 7.01. The average Bonchev–Trinajstić information content (AvgIpc) is 2.97. The lowest BCUT2D eigenvalue weighted by molar-refractivity contribution is -0.436. The third-order valence-corrected chi connectivity index (χ3v) is 3.10. The van der Waals surface area contributed by atoms with Crippen LogP contribution in [0.5, 0.6) is 0 Å². The van der Waals surface area contributed by atoms with Crippen molar-refractivity contribution in [2.75, 3.05) is 32.7 Å². The van der Waals surface area contributed by atoms with Crippen molar-refractivity contribution in [3.63, 3.8) is 0 Å². The van der Waals surface area contributed by atoms with E-state index in [2.05, 4.69) is 4.98 Å². The van der Waals surface area contributed by atoms with Crippen molar-refractivity contribution in [3.05, 3.63) is 22.7 Å². The highest BCUT2D eigenvalue weighted by Crippen LogP contribution is 2.31. The Morgan fingerprint density at radius 2 is 2.14 bits per heavy atom. The highest BCUT2D eigenvalue weighted by atomic mass is 16.9. The molecule has 1 aliphatic heterocycles. The molecule has 2 N–H and O–H groups in total. The molecule has 9 heteroatoms. The molecule has 0 aliphatic carbocycles. The summed E-state index contributed by atoms with van der Waals surface area (Å²) in [5.41, 5.74) is 4.94. The second-order valence-electron chi connectivity index (χ2n) is 4.47. The normalized spacial score (nSPS) is 22.1. The quantitative estimate of drug-likeness (QED) is 0.704. The molecule has 124 valence electrons. The Hall–Kier alpha value is -1.52. The van der Waals surface area contributed by atoms with E-state index in [1.54, 1.807) is 13.8 Å². The summed E-state index contributed by atoms with van der Waals surface area (Å²) >= 11 is 0. The highest BCUT2D eigenvalue weighted by Gasteiger charge is 2.49. The summed E-state index contributed by atoms with van der Waals surface area (Å²) in [5.74, 6) is -1.34. The zero-order valence-electron chi connectivity index (χ0n) is 12.9. The number of rotatable bonds is 7. The maximum Gasteiger partial charge on any atom is 0.351 e. The van der Waals surface area contributed by atoms with Crippen molar-refractivity contribution in [2.24, 2.45) is 0 Å². The molecule has 1 aliphatic rings. The summed E-state index contributed by atoms with van der Waals surface area (Å²) in [4.78, 5) is 15.5. The standard InChI is InChI=1S/C13H21N3O6/c1-4-20-13(18-3,21-5-2)11-19-8-10(22-11)16-7-6-9(14)15-12(16)17/h6-7,10-11H,4-5,8H2,1-3H3,(H2,14,15,17). The molecular weight excluding hydrogens is 294 g/mol. The Kier molecular flexibility index (Phi) is 5.48. The Morgan fingerprint density at radius 3 is 2.68 bits per heavy atom. The van der Waals surface area contributed by atoms with Crippen LogP contribution in [0.2, 0.25) is 0 Å². The zero-order chi connectivity index (χ0) is 16.2. The smallest absolute Gasteiger partial charge is 0.351 e. The molecule has 1 saturated heterocycles. The summed E-state index contributed by atoms with van der Waals surface area (Å²) in [6.07, 6.45) is -0.107. The van der Waals surface area contributed by atoms with Gasteiger partial charge in [-0.2, -0.15) is 4.98 Å². The average molecular weight is 315 g/mol. The van der Waals surface area contributed by atoms with Gasteiger partial charge in [0.05, 0.1) is 6.61 Å². The molecule has 2 heterocycles. The monoisotopic (exact) mass is 315 g/mol. The molecule has 1 aromatic heterocycles. The van der Waals surface area contributed by atoms with Gasteiger partial charge >= 0.3 is 11.7 Å². The van der Waals surface area contributed by atoms with Gasteiger partial charge in [0.15, 0.2) is 6.23 Å². The van der Waals surface area contributed by atoms with Crippen LogP contribution in [0.3, 0.4) is 0 Å². The van der Waals surface area contributed by atoms with Gasteiger partial charge in [0.25, 0.3) is 0 Å². The van der Waals surface area contributed by atoms with Crippen molar-refractivity contribution in [1.82, 2.24) is 9.55 Å². The number of aromatic nitrogens is 2. The van der Waals surface area contributed by atoms with Crippen molar-refractivity contribution in [1.29, 1.82) is 0 Å². The minimum Gasteiger partial charge on any atom is -0.383 e. The number of hydrogen-bond donors (Lipinski definition) is 1. The lowest BCUT2D eigenvalue weighted by Gasteiger charge is -2.34. The van der Waals surface area contributed by atoms with Gasteiger partial charge in [-0.05, 0) is 19.9 Å². The predicted octanol–water partition coefficient (Wildman–Crippen LogP) is 0.0702. The molecule has 2 unspecified atom stereocenters. The Morgan fingerprint density at radius 1 is 1.45 bits per heavy atom. The molecule has 2 atom stereocenters. The lowest BCUT2D eigenvalue weighted by Crippen LogP contribution is -2.50.